The zero-order valence-corrected chi connectivity index (χ0v) is 15.2. The average Bonchev–Trinajstić information content (AvgIpc) is 2.56. The second kappa shape index (κ2) is 5.39. The van der Waals surface area contributed by atoms with E-state index >= 15 is 0 Å². The molecule has 25 heavy (non-hydrogen) atoms. The van der Waals surface area contributed by atoms with Crippen LogP contribution in [0.2, 0.25) is 0 Å². The molecule has 8 aliphatic carbocycles. The van der Waals surface area contributed by atoms with Crippen molar-refractivity contribution in [3.63, 3.8) is 0 Å². The zero-order valence-electron chi connectivity index (χ0n) is 15.2. The van der Waals surface area contributed by atoms with Gasteiger partial charge in [-0.15, -0.1) is 0 Å². The molecule has 0 saturated heterocycles. The van der Waals surface area contributed by atoms with Crippen molar-refractivity contribution in [3.05, 3.63) is 0 Å². The number of carbonyl (C=O) groups is 2. The van der Waals surface area contributed by atoms with Crippen molar-refractivity contribution in [3.8, 4) is 0 Å². The van der Waals surface area contributed by atoms with Crippen molar-refractivity contribution < 1.29 is 19.4 Å². The molecule has 1 N–H and O–H groups in total. The number of Topliss-reactive ketones (excluding diaryl/α,β-unsaturated/α-hetero) is 2. The maximum atomic E-state index is 11.8. The predicted octanol–water partition coefficient (Wildman–Crippen LogP) is 2.91. The van der Waals surface area contributed by atoms with E-state index in [-0.39, 0.29) is 17.4 Å². The van der Waals surface area contributed by atoms with E-state index in [2.05, 4.69) is 0 Å². The smallest absolute Gasteiger partial charge is 0.139 e. The summed E-state index contributed by atoms with van der Waals surface area (Å²) in [5.41, 5.74) is -0.338. The number of hydrogen-bond donors (Lipinski definition) is 1. The van der Waals surface area contributed by atoms with Gasteiger partial charge in [0.25, 0.3) is 0 Å². The number of ether oxygens (including phenoxy) is 1. The highest BCUT2D eigenvalue weighted by Gasteiger charge is 2.55. The molecule has 4 atom stereocenters. The number of carbonyl (C=O) groups excluding carboxylic acids is 2. The highest BCUT2D eigenvalue weighted by atomic mass is 16.5. The highest BCUT2D eigenvalue weighted by Crippen LogP contribution is 2.55. The molecular formula is C21H30O4. The third-order valence-electron chi connectivity index (χ3n) is 8.33. The van der Waals surface area contributed by atoms with Crippen LogP contribution in [-0.4, -0.2) is 35.0 Å². The maximum absolute atomic E-state index is 11.8. The third kappa shape index (κ3) is 2.55. The molecule has 0 aliphatic heterocycles. The summed E-state index contributed by atoms with van der Waals surface area (Å²) in [5, 5.41) is 10.1. The van der Waals surface area contributed by atoms with Gasteiger partial charge in [-0.1, -0.05) is 0 Å². The van der Waals surface area contributed by atoms with E-state index in [1.807, 2.05) is 7.11 Å². The number of hydrogen-bond acceptors (Lipinski definition) is 4. The Labute approximate surface area is 149 Å². The molecule has 0 aromatic carbocycles. The van der Waals surface area contributed by atoms with Gasteiger partial charge in [-0.2, -0.15) is 0 Å². The molecule has 8 fully saturated rings. The van der Waals surface area contributed by atoms with E-state index in [1.54, 1.807) is 0 Å². The van der Waals surface area contributed by atoms with Crippen LogP contribution >= 0.6 is 0 Å². The number of ketones is 2. The Morgan fingerprint density at radius 1 is 0.760 bits per heavy atom. The Kier molecular flexibility index (Phi) is 3.54. The molecule has 4 heteroatoms. The van der Waals surface area contributed by atoms with Gasteiger partial charge in [0.05, 0.1) is 11.2 Å². The van der Waals surface area contributed by atoms with Crippen LogP contribution in [0, 0.1) is 35.5 Å². The molecule has 0 amide bonds. The first kappa shape index (κ1) is 16.4. The molecule has 0 radical (unpaired) electrons. The summed E-state index contributed by atoms with van der Waals surface area (Å²) in [6, 6.07) is 0. The van der Waals surface area contributed by atoms with Crippen LogP contribution in [0.25, 0.3) is 0 Å². The SMILES string of the molecule is COC12CC3CC(C1)C(=O)C(C3)C2.O=C1C2CC3CC1CC(O)(C3)C2. The monoisotopic (exact) mass is 346 g/mol. The number of rotatable bonds is 1. The molecule has 138 valence electrons. The van der Waals surface area contributed by atoms with E-state index in [1.165, 1.54) is 6.42 Å². The Bertz CT molecular complexity index is 575. The van der Waals surface area contributed by atoms with Crippen molar-refractivity contribution in [2.45, 2.75) is 75.4 Å². The van der Waals surface area contributed by atoms with Gasteiger partial charge < -0.3 is 9.84 Å². The van der Waals surface area contributed by atoms with Crippen LogP contribution in [0.4, 0.5) is 0 Å². The van der Waals surface area contributed by atoms with Crippen LogP contribution in [-0.2, 0) is 14.3 Å². The Morgan fingerprint density at radius 3 is 1.64 bits per heavy atom. The van der Waals surface area contributed by atoms with E-state index in [9.17, 15) is 14.7 Å². The largest absolute Gasteiger partial charge is 0.390 e. The topological polar surface area (TPSA) is 63.6 Å². The van der Waals surface area contributed by atoms with Crippen LogP contribution in [0.3, 0.4) is 0 Å². The summed E-state index contributed by atoms with van der Waals surface area (Å²) < 4.78 is 5.65. The average molecular weight is 346 g/mol. The predicted molar refractivity (Wildman–Crippen MR) is 91.8 cm³/mol. The van der Waals surface area contributed by atoms with E-state index in [0.717, 1.165) is 63.7 Å². The van der Waals surface area contributed by atoms with Crippen LogP contribution in [0.1, 0.15) is 64.2 Å². The van der Waals surface area contributed by atoms with Gasteiger partial charge >= 0.3 is 0 Å². The second-order valence-corrected chi connectivity index (χ2v) is 10.1. The lowest BCUT2D eigenvalue weighted by Gasteiger charge is -2.54. The summed E-state index contributed by atoms with van der Waals surface area (Å²) in [4.78, 5) is 23.4. The van der Waals surface area contributed by atoms with Crippen LogP contribution in [0.15, 0.2) is 0 Å². The van der Waals surface area contributed by atoms with Gasteiger partial charge in [0, 0.05) is 30.8 Å². The second-order valence-electron chi connectivity index (χ2n) is 10.1. The number of aliphatic hydroxyl groups is 1. The molecule has 0 aromatic rings. The normalized spacial score (nSPS) is 54.6. The molecule has 8 saturated carbocycles. The van der Waals surface area contributed by atoms with Crippen molar-refractivity contribution in [1.82, 2.24) is 0 Å². The lowest BCUT2D eigenvalue weighted by Crippen LogP contribution is -2.55. The summed E-state index contributed by atoms with van der Waals surface area (Å²) in [5.74, 6) is 3.60. The Morgan fingerprint density at radius 2 is 1.20 bits per heavy atom. The van der Waals surface area contributed by atoms with Crippen molar-refractivity contribution in [1.29, 1.82) is 0 Å². The fourth-order valence-corrected chi connectivity index (χ4v) is 7.63. The zero-order chi connectivity index (χ0) is 17.4. The van der Waals surface area contributed by atoms with Gasteiger partial charge in [-0.05, 0) is 76.0 Å². The van der Waals surface area contributed by atoms with Crippen molar-refractivity contribution >= 4 is 11.6 Å². The quantitative estimate of drug-likeness (QED) is 0.793. The van der Waals surface area contributed by atoms with Gasteiger partial charge in [-0.3, -0.25) is 9.59 Å². The molecule has 4 nitrogen and oxygen atoms in total. The summed E-state index contributed by atoms with van der Waals surface area (Å²) in [6.45, 7) is 0. The van der Waals surface area contributed by atoms with E-state index in [0.29, 0.717) is 29.3 Å². The maximum Gasteiger partial charge on any atom is 0.139 e. The lowest BCUT2D eigenvalue weighted by molar-refractivity contribution is -0.168. The minimum absolute atomic E-state index is 0.102. The lowest BCUT2D eigenvalue weighted by atomic mass is 9.53. The van der Waals surface area contributed by atoms with Crippen LogP contribution < -0.4 is 0 Å². The molecule has 0 heterocycles. The molecular weight excluding hydrogens is 316 g/mol. The van der Waals surface area contributed by atoms with Crippen molar-refractivity contribution in [2.75, 3.05) is 7.11 Å². The Balaban J connectivity index is 0.000000112. The van der Waals surface area contributed by atoms with Gasteiger partial charge in [0.2, 0.25) is 0 Å². The highest BCUT2D eigenvalue weighted by molar-refractivity contribution is 5.86. The minimum atomic E-state index is -0.440. The molecule has 0 aromatic heterocycles. The first-order chi connectivity index (χ1) is 11.9. The minimum Gasteiger partial charge on any atom is -0.390 e. The van der Waals surface area contributed by atoms with Gasteiger partial charge in [0.15, 0.2) is 0 Å². The first-order valence-electron chi connectivity index (χ1n) is 10.2. The van der Waals surface area contributed by atoms with Gasteiger partial charge in [0.1, 0.15) is 11.6 Å². The standard InChI is InChI=1S/C11H16O2.C10H14O2/c1-13-11-4-7-2-8(5-11)10(12)9(3-7)6-11;11-9-7-1-6-2-8(9)5-10(12,3-6)4-7/h7-9H,2-6H2,1H3;6-8,12H,1-5H2. The van der Waals surface area contributed by atoms with Gasteiger partial charge in [-0.25, -0.2) is 0 Å². The van der Waals surface area contributed by atoms with Crippen LogP contribution in [0.5, 0.6) is 0 Å². The fourth-order valence-electron chi connectivity index (χ4n) is 7.63. The Hall–Kier alpha value is -0.740. The summed E-state index contributed by atoms with van der Waals surface area (Å²) in [7, 11) is 1.82. The van der Waals surface area contributed by atoms with E-state index in [4.69, 9.17) is 4.74 Å². The molecule has 8 rings (SSSR count). The molecule has 0 spiro atoms. The number of methoxy groups -OCH3 is 1. The van der Waals surface area contributed by atoms with E-state index < -0.39 is 5.60 Å². The molecule has 8 bridgehead atoms. The molecule has 4 unspecified atom stereocenters. The first-order valence-corrected chi connectivity index (χ1v) is 10.2. The third-order valence-corrected chi connectivity index (χ3v) is 8.33. The summed E-state index contributed by atoms with van der Waals surface area (Å²) >= 11 is 0. The van der Waals surface area contributed by atoms with Crippen molar-refractivity contribution in [2.24, 2.45) is 35.5 Å². The fraction of sp³-hybridized carbons (Fsp3) is 0.905. The molecule has 8 aliphatic rings. The summed E-state index contributed by atoms with van der Waals surface area (Å²) in [6.07, 6.45) is 10.2.